The molecule has 0 saturated heterocycles. The number of aromatic nitrogens is 2. The van der Waals surface area contributed by atoms with E-state index in [1.807, 2.05) is 0 Å². The van der Waals surface area contributed by atoms with E-state index in [4.69, 9.17) is 4.74 Å². The molecule has 0 aliphatic heterocycles. The van der Waals surface area contributed by atoms with Crippen LogP contribution in [0.5, 0.6) is 0 Å². The van der Waals surface area contributed by atoms with Crippen molar-refractivity contribution >= 4 is 11.9 Å². The Kier molecular flexibility index (Phi) is 3.96. The third-order valence-corrected chi connectivity index (χ3v) is 5.63. The minimum absolute atomic E-state index is 0.187. The van der Waals surface area contributed by atoms with Gasteiger partial charge in [0.2, 0.25) is 5.92 Å². The summed E-state index contributed by atoms with van der Waals surface area (Å²) in [6.07, 6.45) is 1.20. The lowest BCUT2D eigenvalue weighted by Gasteiger charge is -2.36. The molecule has 0 aromatic carbocycles. The number of carbonyl (C=O) groups excluding carboxylic acids is 1. The summed E-state index contributed by atoms with van der Waals surface area (Å²) in [6.45, 7) is 0. The fourth-order valence-corrected chi connectivity index (χ4v) is 3.84. The quantitative estimate of drug-likeness (QED) is 0.876. The number of rotatable bonds is 4. The molecule has 1 aromatic heterocycles. The highest BCUT2D eigenvalue weighted by Gasteiger charge is 2.49. The Morgan fingerprint density at radius 1 is 1.28 bits per heavy atom. The SMILES string of the molecule is Cn1nc(C2CC(F)(F)C2)c(C2CCC2)c1NC(=O)OC1CC(F)C1. The first-order chi connectivity index (χ1) is 11.8. The first-order valence-corrected chi connectivity index (χ1v) is 8.89. The highest BCUT2D eigenvalue weighted by molar-refractivity contribution is 5.85. The van der Waals surface area contributed by atoms with Gasteiger partial charge in [-0.2, -0.15) is 5.10 Å². The van der Waals surface area contributed by atoms with E-state index in [9.17, 15) is 18.0 Å². The molecule has 5 nitrogen and oxygen atoms in total. The van der Waals surface area contributed by atoms with Crippen molar-refractivity contribution in [2.45, 2.75) is 75.0 Å². The molecule has 1 aromatic rings. The molecule has 1 amide bonds. The number of amides is 1. The molecule has 1 heterocycles. The topological polar surface area (TPSA) is 56.2 Å². The summed E-state index contributed by atoms with van der Waals surface area (Å²) in [5.41, 5.74) is 1.56. The van der Waals surface area contributed by atoms with Crippen molar-refractivity contribution in [2.75, 3.05) is 5.32 Å². The number of hydrogen-bond acceptors (Lipinski definition) is 3. The Morgan fingerprint density at radius 3 is 2.48 bits per heavy atom. The van der Waals surface area contributed by atoms with Gasteiger partial charge in [-0.05, 0) is 18.8 Å². The van der Waals surface area contributed by atoms with Crippen molar-refractivity contribution < 1.29 is 22.7 Å². The monoisotopic (exact) mass is 357 g/mol. The van der Waals surface area contributed by atoms with Crippen molar-refractivity contribution in [2.24, 2.45) is 7.05 Å². The fraction of sp³-hybridized carbons (Fsp3) is 0.765. The Hall–Kier alpha value is -1.73. The molecular formula is C17H22F3N3O2. The van der Waals surface area contributed by atoms with E-state index in [1.165, 1.54) is 0 Å². The van der Waals surface area contributed by atoms with E-state index in [0.29, 0.717) is 11.5 Å². The number of carbonyl (C=O) groups is 1. The van der Waals surface area contributed by atoms with Gasteiger partial charge in [-0.25, -0.2) is 18.0 Å². The molecular weight excluding hydrogens is 335 g/mol. The molecule has 0 atom stereocenters. The van der Waals surface area contributed by atoms with Gasteiger partial charge in [0.25, 0.3) is 0 Å². The number of halogens is 3. The van der Waals surface area contributed by atoms with Crippen LogP contribution < -0.4 is 5.32 Å². The zero-order valence-electron chi connectivity index (χ0n) is 14.1. The van der Waals surface area contributed by atoms with Crippen LogP contribution in [0, 0.1) is 0 Å². The number of hydrogen-bond donors (Lipinski definition) is 1. The third-order valence-electron chi connectivity index (χ3n) is 5.63. The van der Waals surface area contributed by atoms with Crippen LogP contribution in [0.25, 0.3) is 0 Å². The maximum atomic E-state index is 13.3. The lowest BCUT2D eigenvalue weighted by atomic mass is 9.73. The lowest BCUT2D eigenvalue weighted by molar-refractivity contribution is -0.0879. The van der Waals surface area contributed by atoms with Crippen LogP contribution in [0.4, 0.5) is 23.8 Å². The van der Waals surface area contributed by atoms with E-state index in [0.717, 1.165) is 24.8 Å². The molecule has 3 fully saturated rings. The van der Waals surface area contributed by atoms with Gasteiger partial charge in [-0.15, -0.1) is 0 Å². The predicted molar refractivity (Wildman–Crippen MR) is 84.7 cm³/mol. The van der Waals surface area contributed by atoms with Gasteiger partial charge in [-0.1, -0.05) is 6.42 Å². The number of nitrogens with one attached hydrogen (secondary N) is 1. The average Bonchev–Trinajstić information content (AvgIpc) is 2.70. The number of nitrogens with zero attached hydrogens (tertiary/aromatic N) is 2. The highest BCUT2D eigenvalue weighted by Crippen LogP contribution is 2.52. The molecule has 1 N–H and O–H groups in total. The second-order valence-electron chi connectivity index (χ2n) is 7.58. The van der Waals surface area contributed by atoms with Gasteiger partial charge < -0.3 is 4.74 Å². The number of alkyl halides is 3. The van der Waals surface area contributed by atoms with Crippen LogP contribution >= 0.6 is 0 Å². The van der Waals surface area contributed by atoms with E-state index in [-0.39, 0.29) is 43.6 Å². The molecule has 0 spiro atoms. The smallest absolute Gasteiger partial charge is 0.413 e. The van der Waals surface area contributed by atoms with Crippen molar-refractivity contribution in [3.05, 3.63) is 11.3 Å². The fourth-order valence-electron chi connectivity index (χ4n) is 3.84. The summed E-state index contributed by atoms with van der Waals surface area (Å²) in [7, 11) is 1.69. The highest BCUT2D eigenvalue weighted by atomic mass is 19.3. The van der Waals surface area contributed by atoms with Gasteiger partial charge in [0.05, 0.1) is 5.69 Å². The van der Waals surface area contributed by atoms with Crippen molar-refractivity contribution in [3.63, 3.8) is 0 Å². The largest absolute Gasteiger partial charge is 0.446 e. The summed E-state index contributed by atoms with van der Waals surface area (Å²) in [5.74, 6) is -2.11. The van der Waals surface area contributed by atoms with Crippen LogP contribution in [0.15, 0.2) is 0 Å². The van der Waals surface area contributed by atoms with E-state index in [1.54, 1.807) is 11.7 Å². The normalized spacial score (nSPS) is 28.6. The van der Waals surface area contributed by atoms with Gasteiger partial charge >= 0.3 is 6.09 Å². The van der Waals surface area contributed by atoms with Gasteiger partial charge in [0.1, 0.15) is 18.1 Å². The van der Waals surface area contributed by atoms with E-state index in [2.05, 4.69) is 10.4 Å². The third kappa shape index (κ3) is 3.11. The zero-order chi connectivity index (χ0) is 17.8. The molecule has 25 heavy (non-hydrogen) atoms. The van der Waals surface area contributed by atoms with Crippen LogP contribution in [0.1, 0.15) is 68.0 Å². The summed E-state index contributed by atoms with van der Waals surface area (Å²) in [4.78, 5) is 12.1. The van der Waals surface area contributed by atoms with Crippen LogP contribution in [-0.4, -0.2) is 34.1 Å². The molecule has 4 rings (SSSR count). The summed E-state index contributed by atoms with van der Waals surface area (Å²) in [6, 6.07) is 0. The van der Waals surface area contributed by atoms with Gasteiger partial charge in [-0.3, -0.25) is 10.00 Å². The Morgan fingerprint density at radius 2 is 1.96 bits per heavy atom. The second kappa shape index (κ2) is 5.92. The van der Waals surface area contributed by atoms with Crippen molar-refractivity contribution in [1.82, 2.24) is 9.78 Å². The van der Waals surface area contributed by atoms with Gasteiger partial charge in [0.15, 0.2) is 0 Å². The Balaban J connectivity index is 1.52. The predicted octanol–water partition coefficient (Wildman–Crippen LogP) is 4.25. The lowest BCUT2D eigenvalue weighted by Crippen LogP contribution is -2.36. The van der Waals surface area contributed by atoms with Crippen molar-refractivity contribution in [1.29, 1.82) is 0 Å². The molecule has 138 valence electrons. The molecule has 0 radical (unpaired) electrons. The molecule has 3 aliphatic rings. The Bertz CT molecular complexity index is 673. The maximum absolute atomic E-state index is 13.3. The minimum atomic E-state index is -2.61. The number of aryl methyl sites for hydroxylation is 1. The van der Waals surface area contributed by atoms with E-state index < -0.39 is 18.2 Å². The maximum Gasteiger partial charge on any atom is 0.413 e. The molecule has 0 unspecified atom stereocenters. The molecule has 3 aliphatic carbocycles. The zero-order valence-corrected chi connectivity index (χ0v) is 14.1. The van der Waals surface area contributed by atoms with Gasteiger partial charge in [0, 0.05) is 44.2 Å². The minimum Gasteiger partial charge on any atom is -0.446 e. The first kappa shape index (κ1) is 16.7. The summed E-state index contributed by atoms with van der Waals surface area (Å²) in [5, 5.41) is 7.15. The standard InChI is InChI=1S/C17H22F3N3O2/c1-23-15(21-16(24)25-12-5-11(18)6-12)13(9-3-2-4-9)14(22-23)10-7-17(19,20)8-10/h9-12H,2-8H2,1H3,(H,21,24). The number of anilines is 1. The molecule has 8 heteroatoms. The second-order valence-corrected chi connectivity index (χ2v) is 7.58. The summed E-state index contributed by atoms with van der Waals surface area (Å²) >= 11 is 0. The first-order valence-electron chi connectivity index (χ1n) is 8.89. The van der Waals surface area contributed by atoms with Crippen LogP contribution in [0.2, 0.25) is 0 Å². The van der Waals surface area contributed by atoms with Crippen molar-refractivity contribution in [3.8, 4) is 0 Å². The van der Waals surface area contributed by atoms with E-state index >= 15 is 0 Å². The van der Waals surface area contributed by atoms with Crippen LogP contribution in [0.3, 0.4) is 0 Å². The average molecular weight is 357 g/mol. The summed E-state index contributed by atoms with van der Waals surface area (Å²) < 4.78 is 46.2. The molecule has 3 saturated carbocycles. The number of ether oxygens (including phenoxy) is 1. The Labute approximate surface area is 143 Å². The molecule has 0 bridgehead atoms. The van der Waals surface area contributed by atoms with Crippen LogP contribution in [-0.2, 0) is 11.8 Å².